The van der Waals surface area contributed by atoms with Crippen LogP contribution in [0.2, 0.25) is 0 Å². The van der Waals surface area contributed by atoms with Gasteiger partial charge in [0, 0.05) is 0 Å². The minimum absolute atomic E-state index is 0.535. The lowest BCUT2D eigenvalue weighted by Crippen LogP contribution is -2.53. The monoisotopic (exact) mass is 264 g/mol. The third kappa shape index (κ3) is 1.94. The number of aliphatic imine (C=N–C) groups is 1. The zero-order chi connectivity index (χ0) is 13.4. The number of fused-ring (bicyclic) bond motifs is 1. The maximum absolute atomic E-state index is 9.33. The Morgan fingerprint density at radius 1 is 1.22 bits per heavy atom. The Morgan fingerprint density at radius 2 is 1.89 bits per heavy atom. The number of ether oxygens (including phenoxy) is 4. The van der Waals surface area contributed by atoms with Crippen molar-refractivity contribution in [2.24, 2.45) is 10.7 Å². The average Bonchev–Trinajstić information content (AvgIpc) is 2.83. The fourth-order valence-electron chi connectivity index (χ4n) is 2.11. The van der Waals surface area contributed by atoms with Gasteiger partial charge < -0.3 is 29.5 Å². The molecule has 0 aromatic carbocycles. The molecule has 2 aliphatic rings. The van der Waals surface area contributed by atoms with E-state index in [0.29, 0.717) is 0 Å². The summed E-state index contributed by atoms with van der Waals surface area (Å²) >= 11 is 0. The molecule has 0 aliphatic carbocycles. The number of nitrogens with zero attached hydrogens (tertiary/aromatic N) is 1. The Morgan fingerprint density at radius 3 is 2.39 bits per heavy atom. The molecular weight excluding hydrogens is 248 g/mol. The van der Waals surface area contributed by atoms with E-state index in [1.807, 2.05) is 0 Å². The first-order valence-electron chi connectivity index (χ1n) is 5.28. The molecule has 2 saturated heterocycles. The van der Waals surface area contributed by atoms with Gasteiger partial charge in [0.05, 0.1) is 13.2 Å². The van der Waals surface area contributed by atoms with Crippen molar-refractivity contribution in [3.05, 3.63) is 0 Å². The fraction of sp³-hybridized carbons (Fsp3) is 0.889. The molecule has 5 N–H and O–H groups in total. The highest BCUT2D eigenvalue weighted by Crippen LogP contribution is 2.42. The van der Waals surface area contributed by atoms with E-state index >= 15 is 0 Å². The molecule has 0 aromatic heterocycles. The summed E-state index contributed by atoms with van der Waals surface area (Å²) < 4.78 is 20.9. The van der Waals surface area contributed by atoms with Gasteiger partial charge in [0.15, 0.2) is 6.29 Å². The predicted octanol–water partition coefficient (Wildman–Crippen LogP) is -2.91. The van der Waals surface area contributed by atoms with Crippen molar-refractivity contribution in [3.8, 4) is 0 Å². The normalized spacial score (nSPS) is 41.9. The molecule has 0 amide bonds. The molecule has 9 heteroatoms. The Bertz CT molecular complexity index is 324. The lowest BCUT2D eigenvalue weighted by molar-refractivity contribution is -0.268. The lowest BCUT2D eigenvalue weighted by atomic mass is 9.97. The quantitative estimate of drug-likeness (QED) is 0.306. The van der Waals surface area contributed by atoms with Crippen LogP contribution < -0.4 is 5.73 Å². The summed E-state index contributed by atoms with van der Waals surface area (Å²) in [6, 6.07) is -1.76. The molecular formula is C9H16N2O7. The van der Waals surface area contributed by atoms with E-state index in [4.69, 9.17) is 29.8 Å². The first kappa shape index (κ1) is 13.8. The number of hydrogen-bond acceptors (Lipinski definition) is 9. The predicted molar refractivity (Wildman–Crippen MR) is 56.2 cm³/mol. The summed E-state index contributed by atoms with van der Waals surface area (Å²) in [6.07, 6.45) is -2.77. The first-order valence-corrected chi connectivity index (χ1v) is 5.28. The van der Waals surface area contributed by atoms with Crippen LogP contribution in [0.5, 0.6) is 0 Å². The number of aliphatic hydroxyl groups is 3. The van der Waals surface area contributed by atoms with E-state index in [1.54, 1.807) is 0 Å². The minimum atomic E-state index is -1.76. The van der Waals surface area contributed by atoms with Crippen LogP contribution in [0.15, 0.2) is 4.99 Å². The number of rotatable bonds is 5. The standard InChI is InChI=1S/C9H16N2O7/c1-11-9(10)16-5-6(15-4-14)8(2-12,3-13)17-7(5)18-9/h5-7,12-14H,1-4,10H2/t5-,6+,7-,9?/m1/s1. The van der Waals surface area contributed by atoms with Gasteiger partial charge in [0.25, 0.3) is 0 Å². The van der Waals surface area contributed by atoms with Gasteiger partial charge in [-0.1, -0.05) is 0 Å². The van der Waals surface area contributed by atoms with Crippen molar-refractivity contribution in [2.75, 3.05) is 20.0 Å². The van der Waals surface area contributed by atoms with E-state index in [0.717, 1.165) is 0 Å². The Hall–Kier alpha value is -0.650. The summed E-state index contributed by atoms with van der Waals surface area (Å²) in [5.41, 5.74) is 4.15. The molecule has 0 bridgehead atoms. The second kappa shape index (κ2) is 4.79. The molecule has 104 valence electrons. The van der Waals surface area contributed by atoms with Crippen LogP contribution in [-0.2, 0) is 18.9 Å². The molecule has 2 aliphatic heterocycles. The molecule has 18 heavy (non-hydrogen) atoms. The third-order valence-corrected chi connectivity index (χ3v) is 3.04. The summed E-state index contributed by atoms with van der Waals surface area (Å²) in [4.78, 5) is 3.46. The van der Waals surface area contributed by atoms with Crippen molar-refractivity contribution >= 4 is 6.72 Å². The largest absolute Gasteiger partial charge is 0.393 e. The zero-order valence-electron chi connectivity index (χ0n) is 9.56. The summed E-state index contributed by atoms with van der Waals surface area (Å²) in [7, 11) is 0. The van der Waals surface area contributed by atoms with E-state index in [2.05, 4.69) is 11.7 Å². The van der Waals surface area contributed by atoms with Crippen LogP contribution in [-0.4, -0.2) is 72.2 Å². The van der Waals surface area contributed by atoms with Crippen LogP contribution >= 0.6 is 0 Å². The van der Waals surface area contributed by atoms with Gasteiger partial charge in [0.2, 0.25) is 0 Å². The second-order valence-electron chi connectivity index (χ2n) is 4.07. The maximum Gasteiger partial charge on any atom is 0.334 e. The van der Waals surface area contributed by atoms with Gasteiger partial charge in [-0.15, -0.1) is 0 Å². The van der Waals surface area contributed by atoms with E-state index in [1.165, 1.54) is 0 Å². The van der Waals surface area contributed by atoms with Crippen LogP contribution in [0, 0.1) is 0 Å². The molecule has 2 fully saturated rings. The van der Waals surface area contributed by atoms with E-state index in [-0.39, 0.29) is 0 Å². The molecule has 2 rings (SSSR count). The van der Waals surface area contributed by atoms with Gasteiger partial charge in [0.1, 0.15) is 24.6 Å². The molecule has 1 unspecified atom stereocenters. The van der Waals surface area contributed by atoms with Gasteiger partial charge in [-0.2, -0.15) is 0 Å². The van der Waals surface area contributed by atoms with Crippen molar-refractivity contribution in [3.63, 3.8) is 0 Å². The summed E-state index contributed by atoms with van der Waals surface area (Å²) in [6.45, 7) is 1.51. The molecule has 0 spiro atoms. The summed E-state index contributed by atoms with van der Waals surface area (Å²) in [5, 5.41) is 27.5. The van der Waals surface area contributed by atoms with E-state index < -0.39 is 50.1 Å². The Labute approximate surface area is 103 Å². The minimum Gasteiger partial charge on any atom is -0.393 e. The fourth-order valence-corrected chi connectivity index (χ4v) is 2.11. The van der Waals surface area contributed by atoms with Crippen molar-refractivity contribution in [1.29, 1.82) is 0 Å². The van der Waals surface area contributed by atoms with Crippen LogP contribution in [0.4, 0.5) is 0 Å². The highest BCUT2D eigenvalue weighted by atomic mass is 16.9. The molecule has 4 atom stereocenters. The van der Waals surface area contributed by atoms with Crippen LogP contribution in [0.25, 0.3) is 0 Å². The Balaban J connectivity index is 2.22. The zero-order valence-corrected chi connectivity index (χ0v) is 9.56. The average molecular weight is 264 g/mol. The molecule has 0 aromatic rings. The Kier molecular flexibility index (Phi) is 3.67. The highest BCUT2D eigenvalue weighted by Gasteiger charge is 2.63. The molecule has 2 heterocycles. The topological polar surface area (TPSA) is 136 Å². The maximum atomic E-state index is 9.33. The van der Waals surface area contributed by atoms with Crippen LogP contribution in [0.1, 0.15) is 0 Å². The second-order valence-corrected chi connectivity index (χ2v) is 4.07. The number of aliphatic hydroxyl groups excluding tert-OH is 3. The molecule has 9 nitrogen and oxygen atoms in total. The third-order valence-electron chi connectivity index (χ3n) is 3.04. The highest BCUT2D eigenvalue weighted by molar-refractivity contribution is 5.24. The van der Waals surface area contributed by atoms with Gasteiger partial charge in [-0.3, -0.25) is 10.5 Å². The first-order chi connectivity index (χ1) is 8.54. The van der Waals surface area contributed by atoms with Gasteiger partial charge >= 0.3 is 6.03 Å². The SMILES string of the molecule is C=NC1(N)O[C@H]2OC(CO)(CO)[C@@H](OCO)[C@H]2O1. The lowest BCUT2D eigenvalue weighted by Gasteiger charge is -2.32. The van der Waals surface area contributed by atoms with Crippen LogP contribution in [0.3, 0.4) is 0 Å². The van der Waals surface area contributed by atoms with Crippen molar-refractivity contribution in [2.45, 2.75) is 30.1 Å². The number of nitrogens with two attached hydrogens (primary N) is 1. The molecule has 0 saturated carbocycles. The number of hydrogen-bond donors (Lipinski definition) is 4. The summed E-state index contributed by atoms with van der Waals surface area (Å²) in [5.74, 6) is 0. The van der Waals surface area contributed by atoms with E-state index in [9.17, 15) is 10.2 Å². The van der Waals surface area contributed by atoms with Crippen molar-refractivity contribution < 1.29 is 34.3 Å². The van der Waals surface area contributed by atoms with Gasteiger partial charge in [-0.05, 0) is 6.72 Å². The van der Waals surface area contributed by atoms with Gasteiger partial charge in [-0.25, -0.2) is 4.99 Å². The van der Waals surface area contributed by atoms with Crippen molar-refractivity contribution in [1.82, 2.24) is 0 Å². The smallest absolute Gasteiger partial charge is 0.334 e. The molecule has 0 radical (unpaired) electrons.